The Morgan fingerprint density at radius 3 is 1.44 bits per heavy atom. The van der Waals surface area contributed by atoms with Crippen molar-refractivity contribution in [1.82, 2.24) is 24.9 Å². The Kier molecular flexibility index (Phi) is 8.27. The summed E-state index contributed by atoms with van der Waals surface area (Å²) in [5.41, 5.74) is 9.77. The highest BCUT2D eigenvalue weighted by molar-refractivity contribution is 5.79. The van der Waals surface area contributed by atoms with Crippen molar-refractivity contribution >= 4 is 5.57 Å². The number of aromatic nitrogens is 5. The fourth-order valence-corrected chi connectivity index (χ4v) is 6.74. The first-order chi connectivity index (χ1) is 25.7. The summed E-state index contributed by atoms with van der Waals surface area (Å²) in [7, 11) is 0. The molecule has 2 atom stereocenters. The molecular formula is C47H33N5. The molecule has 0 bridgehead atoms. The minimum Gasteiger partial charge on any atom is -0.228 e. The SMILES string of the molecule is C1=CC2C=CC(c3nc(-c4ccccc4)nc(-c4cccc(-c5cccc(-c6cc(-c7ccccc7)nc(-c7ccccc7)n6)c5)c4)n3)=CC2C=C1. The molecule has 2 aliphatic carbocycles. The smallest absolute Gasteiger partial charge is 0.164 e. The van der Waals surface area contributed by atoms with Gasteiger partial charge < -0.3 is 0 Å². The molecule has 0 saturated carbocycles. The van der Waals surface area contributed by atoms with E-state index in [1.54, 1.807) is 0 Å². The first-order valence-corrected chi connectivity index (χ1v) is 17.5. The van der Waals surface area contributed by atoms with Gasteiger partial charge in [0.1, 0.15) is 0 Å². The molecule has 246 valence electrons. The number of benzene rings is 5. The molecule has 7 aromatic rings. The largest absolute Gasteiger partial charge is 0.228 e. The quantitative estimate of drug-likeness (QED) is 0.169. The van der Waals surface area contributed by atoms with Crippen LogP contribution < -0.4 is 0 Å². The normalized spacial score (nSPS) is 16.0. The number of nitrogens with zero attached hydrogens (tertiary/aromatic N) is 5. The second-order valence-electron chi connectivity index (χ2n) is 12.9. The van der Waals surface area contributed by atoms with Crippen LogP contribution in [0.25, 0.3) is 73.4 Å². The molecule has 52 heavy (non-hydrogen) atoms. The Labute approximate surface area is 303 Å². The Bertz CT molecular complexity index is 2460. The lowest BCUT2D eigenvalue weighted by Crippen LogP contribution is -2.12. The van der Waals surface area contributed by atoms with Crippen molar-refractivity contribution in [3.05, 3.63) is 194 Å². The molecule has 0 spiro atoms. The van der Waals surface area contributed by atoms with E-state index in [1.165, 1.54) is 0 Å². The Hall–Kier alpha value is -6.85. The van der Waals surface area contributed by atoms with Gasteiger partial charge in [-0.3, -0.25) is 0 Å². The summed E-state index contributed by atoms with van der Waals surface area (Å²) in [4.78, 5) is 25.1. The van der Waals surface area contributed by atoms with Gasteiger partial charge in [0, 0.05) is 45.2 Å². The van der Waals surface area contributed by atoms with E-state index < -0.39 is 0 Å². The lowest BCUT2D eigenvalue weighted by atomic mass is 9.83. The minimum atomic E-state index is 0.281. The van der Waals surface area contributed by atoms with Crippen molar-refractivity contribution in [1.29, 1.82) is 0 Å². The molecule has 2 aromatic heterocycles. The van der Waals surface area contributed by atoms with Gasteiger partial charge in [-0.25, -0.2) is 24.9 Å². The molecule has 2 heterocycles. The molecule has 2 aliphatic rings. The lowest BCUT2D eigenvalue weighted by Gasteiger charge is -2.22. The molecule has 5 nitrogen and oxygen atoms in total. The summed E-state index contributed by atoms with van der Waals surface area (Å²) < 4.78 is 0. The Balaban J connectivity index is 1.11. The molecule has 0 fully saturated rings. The van der Waals surface area contributed by atoms with Crippen LogP contribution in [0.1, 0.15) is 5.82 Å². The standard InChI is InChI=1S/C47H33N5/c1-4-15-33(16-5-1)42-31-43(49-44(48-42)34-17-6-2-7-18-34)39-24-12-22-37(28-39)38-23-13-25-40(30-38)46-50-45(35-19-8-3-9-20-35)51-47(52-46)41-27-26-32-14-10-11-21-36(32)29-41/h1-32,36H. The molecular weight excluding hydrogens is 635 g/mol. The van der Waals surface area contributed by atoms with E-state index in [0.29, 0.717) is 29.2 Å². The van der Waals surface area contributed by atoms with Crippen LogP contribution in [0.4, 0.5) is 0 Å². The van der Waals surface area contributed by atoms with Gasteiger partial charge in [-0.2, -0.15) is 0 Å². The van der Waals surface area contributed by atoms with Gasteiger partial charge in [0.25, 0.3) is 0 Å². The third kappa shape index (κ3) is 6.43. The van der Waals surface area contributed by atoms with Crippen LogP contribution in [-0.4, -0.2) is 24.9 Å². The minimum absolute atomic E-state index is 0.281. The summed E-state index contributed by atoms with van der Waals surface area (Å²) in [5.74, 6) is 3.28. The van der Waals surface area contributed by atoms with Gasteiger partial charge in [0.15, 0.2) is 23.3 Å². The second kappa shape index (κ2) is 13.8. The highest BCUT2D eigenvalue weighted by Gasteiger charge is 2.21. The van der Waals surface area contributed by atoms with E-state index in [1.807, 2.05) is 78.9 Å². The van der Waals surface area contributed by atoms with Crippen LogP contribution in [0.15, 0.2) is 188 Å². The van der Waals surface area contributed by atoms with Crippen LogP contribution in [0.5, 0.6) is 0 Å². The van der Waals surface area contributed by atoms with E-state index in [0.717, 1.165) is 55.9 Å². The maximum absolute atomic E-state index is 5.07. The molecule has 5 aromatic carbocycles. The van der Waals surface area contributed by atoms with Crippen LogP contribution in [0.3, 0.4) is 0 Å². The highest BCUT2D eigenvalue weighted by Crippen LogP contribution is 2.34. The summed E-state index contributed by atoms with van der Waals surface area (Å²) >= 11 is 0. The van der Waals surface area contributed by atoms with E-state index in [4.69, 9.17) is 24.9 Å². The van der Waals surface area contributed by atoms with Gasteiger partial charge in [0.05, 0.1) is 11.4 Å². The number of allylic oxidation sites excluding steroid dienone is 8. The zero-order chi connectivity index (χ0) is 34.7. The summed E-state index contributed by atoms with van der Waals surface area (Å²) in [6, 6.07) is 49.5. The van der Waals surface area contributed by atoms with Crippen molar-refractivity contribution in [2.24, 2.45) is 11.8 Å². The maximum atomic E-state index is 5.07. The molecule has 0 N–H and O–H groups in total. The lowest BCUT2D eigenvalue weighted by molar-refractivity contribution is 0.662. The fourth-order valence-electron chi connectivity index (χ4n) is 6.74. The Morgan fingerprint density at radius 2 is 0.788 bits per heavy atom. The van der Waals surface area contributed by atoms with E-state index in [2.05, 4.69) is 109 Å². The van der Waals surface area contributed by atoms with Crippen molar-refractivity contribution in [2.75, 3.05) is 0 Å². The average molecular weight is 668 g/mol. The van der Waals surface area contributed by atoms with Gasteiger partial charge in [-0.05, 0) is 29.3 Å². The molecule has 9 rings (SSSR count). The van der Waals surface area contributed by atoms with Gasteiger partial charge in [0.2, 0.25) is 0 Å². The fraction of sp³-hybridized carbons (Fsp3) is 0.0426. The monoisotopic (exact) mass is 667 g/mol. The van der Waals surface area contributed by atoms with Crippen LogP contribution in [-0.2, 0) is 0 Å². The third-order valence-electron chi connectivity index (χ3n) is 9.46. The van der Waals surface area contributed by atoms with Gasteiger partial charge in [-0.15, -0.1) is 0 Å². The number of rotatable bonds is 7. The summed E-state index contributed by atoms with van der Waals surface area (Å²) in [6.07, 6.45) is 15.3. The van der Waals surface area contributed by atoms with Crippen molar-refractivity contribution in [2.45, 2.75) is 0 Å². The average Bonchev–Trinajstić information content (AvgIpc) is 3.24. The first-order valence-electron chi connectivity index (χ1n) is 17.5. The van der Waals surface area contributed by atoms with E-state index in [-0.39, 0.29) is 5.92 Å². The highest BCUT2D eigenvalue weighted by atomic mass is 15.0. The molecule has 2 unspecified atom stereocenters. The maximum Gasteiger partial charge on any atom is 0.164 e. The predicted molar refractivity (Wildman–Crippen MR) is 210 cm³/mol. The molecule has 0 aliphatic heterocycles. The first kappa shape index (κ1) is 31.2. The van der Waals surface area contributed by atoms with Crippen LogP contribution in [0.2, 0.25) is 0 Å². The Morgan fingerprint density at radius 1 is 0.327 bits per heavy atom. The zero-order valence-electron chi connectivity index (χ0n) is 28.3. The topological polar surface area (TPSA) is 64.5 Å². The van der Waals surface area contributed by atoms with Crippen molar-refractivity contribution < 1.29 is 0 Å². The molecule has 5 heteroatoms. The predicted octanol–water partition coefficient (Wildman–Crippen LogP) is 11.0. The van der Waals surface area contributed by atoms with Crippen LogP contribution in [0, 0.1) is 11.8 Å². The number of hydrogen-bond acceptors (Lipinski definition) is 5. The number of hydrogen-bond donors (Lipinski definition) is 0. The molecule has 0 amide bonds. The van der Waals surface area contributed by atoms with Crippen molar-refractivity contribution in [3.63, 3.8) is 0 Å². The van der Waals surface area contributed by atoms with Crippen molar-refractivity contribution in [3.8, 4) is 67.8 Å². The van der Waals surface area contributed by atoms with E-state index >= 15 is 0 Å². The van der Waals surface area contributed by atoms with Crippen LogP contribution >= 0.6 is 0 Å². The number of fused-ring (bicyclic) bond motifs is 1. The van der Waals surface area contributed by atoms with Gasteiger partial charge >= 0.3 is 0 Å². The summed E-state index contributed by atoms with van der Waals surface area (Å²) in [5, 5.41) is 0. The van der Waals surface area contributed by atoms with E-state index in [9.17, 15) is 0 Å². The summed E-state index contributed by atoms with van der Waals surface area (Å²) in [6.45, 7) is 0. The third-order valence-corrected chi connectivity index (χ3v) is 9.46. The second-order valence-corrected chi connectivity index (χ2v) is 12.9. The molecule has 0 saturated heterocycles. The zero-order valence-corrected chi connectivity index (χ0v) is 28.3. The van der Waals surface area contributed by atoms with Gasteiger partial charge in [-0.1, -0.05) is 170 Å². The molecule has 0 radical (unpaired) electrons.